The molecule has 0 saturated heterocycles. The monoisotopic (exact) mass is 636 g/mol. The van der Waals surface area contributed by atoms with Crippen LogP contribution in [-0.4, -0.2) is 44.1 Å². The van der Waals surface area contributed by atoms with Crippen LogP contribution in [0.25, 0.3) is 0 Å². The molecular weight excluding hydrogens is 599 g/mol. The Morgan fingerprint density at radius 3 is 2.09 bits per heavy atom. The molecule has 3 aromatic carbocycles. The zero-order valence-electron chi connectivity index (χ0n) is 25.2. The number of rotatable bonds is 11. The van der Waals surface area contributed by atoms with Crippen molar-refractivity contribution in [2.75, 3.05) is 19.0 Å². The first kappa shape index (κ1) is 32.5. The molecule has 43 heavy (non-hydrogen) atoms. The van der Waals surface area contributed by atoms with Crippen LogP contribution >= 0.6 is 23.2 Å². The molecule has 0 bridgehead atoms. The minimum Gasteiger partial charge on any atom is -0.496 e. The highest BCUT2D eigenvalue weighted by molar-refractivity contribution is 6.99. The summed E-state index contributed by atoms with van der Waals surface area (Å²) < 4.78 is 12.5. The van der Waals surface area contributed by atoms with E-state index in [1.54, 1.807) is 13.3 Å². The fourth-order valence-corrected chi connectivity index (χ4v) is 10.4. The van der Waals surface area contributed by atoms with Gasteiger partial charge >= 0.3 is 6.03 Å². The van der Waals surface area contributed by atoms with Gasteiger partial charge in [-0.25, -0.2) is 14.8 Å². The largest absolute Gasteiger partial charge is 0.496 e. The second-order valence-electron chi connectivity index (χ2n) is 11.5. The summed E-state index contributed by atoms with van der Waals surface area (Å²) >= 11 is 12.1. The van der Waals surface area contributed by atoms with E-state index in [1.165, 1.54) is 10.4 Å². The van der Waals surface area contributed by atoms with Crippen molar-refractivity contribution in [2.45, 2.75) is 51.6 Å². The Labute approximate surface area is 265 Å². The van der Waals surface area contributed by atoms with E-state index in [0.717, 1.165) is 11.1 Å². The molecule has 4 rings (SSSR count). The lowest BCUT2D eigenvalue weighted by Crippen LogP contribution is -2.67. The van der Waals surface area contributed by atoms with Crippen molar-refractivity contribution in [3.8, 4) is 5.75 Å². The summed E-state index contributed by atoms with van der Waals surface area (Å²) in [6.07, 6.45) is 2.81. The minimum atomic E-state index is -2.71. The van der Waals surface area contributed by atoms with Gasteiger partial charge in [0.25, 0.3) is 8.32 Å². The first-order valence-corrected chi connectivity index (χ1v) is 16.9. The Morgan fingerprint density at radius 1 is 0.930 bits per heavy atom. The summed E-state index contributed by atoms with van der Waals surface area (Å²) in [7, 11) is -1.10. The number of nitrogens with one attached hydrogen (secondary N) is 2. The smallest absolute Gasteiger partial charge is 0.319 e. The summed E-state index contributed by atoms with van der Waals surface area (Å²) in [6.45, 7) is 9.02. The number of hydrogen-bond acceptors (Lipinski definition) is 5. The Bertz CT molecular complexity index is 1480. The topological polar surface area (TPSA) is 85.4 Å². The fraction of sp³-hybridized carbons (Fsp3) is 0.303. The third-order valence-corrected chi connectivity index (χ3v) is 12.8. The molecule has 0 aliphatic rings. The van der Waals surface area contributed by atoms with Crippen LogP contribution in [0.15, 0.2) is 85.1 Å². The van der Waals surface area contributed by atoms with E-state index >= 15 is 0 Å². The average molecular weight is 638 g/mol. The van der Waals surface area contributed by atoms with Crippen LogP contribution in [0.2, 0.25) is 15.5 Å². The third-order valence-electron chi connectivity index (χ3n) is 7.33. The Morgan fingerprint density at radius 2 is 1.53 bits per heavy atom. The van der Waals surface area contributed by atoms with Crippen LogP contribution in [0.5, 0.6) is 5.75 Å². The van der Waals surface area contributed by atoms with Crippen LogP contribution in [0, 0.1) is 0 Å². The lowest BCUT2D eigenvalue weighted by atomic mass is 10.0. The molecular formula is C33H38Cl2N4O3Si. The minimum absolute atomic E-state index is 0.106. The summed E-state index contributed by atoms with van der Waals surface area (Å²) in [5.74, 6) is 0.712. The number of carbonyl (C=O) groups is 1. The summed E-state index contributed by atoms with van der Waals surface area (Å²) in [4.78, 5) is 21.1. The van der Waals surface area contributed by atoms with Gasteiger partial charge in [-0.1, -0.05) is 93.0 Å². The van der Waals surface area contributed by atoms with Gasteiger partial charge in [-0.3, -0.25) is 0 Å². The predicted octanol–water partition coefficient (Wildman–Crippen LogP) is 6.66. The maximum absolute atomic E-state index is 13.1. The number of benzene rings is 3. The van der Waals surface area contributed by atoms with Crippen LogP contribution in [0.3, 0.4) is 0 Å². The highest BCUT2D eigenvalue weighted by Crippen LogP contribution is 2.36. The van der Waals surface area contributed by atoms with Crippen molar-refractivity contribution in [3.05, 3.63) is 107 Å². The highest BCUT2D eigenvalue weighted by Gasteiger charge is 2.50. The Kier molecular flexibility index (Phi) is 10.8. The lowest BCUT2D eigenvalue weighted by Gasteiger charge is -2.43. The zero-order valence-corrected chi connectivity index (χ0v) is 27.7. The van der Waals surface area contributed by atoms with Gasteiger partial charge in [-0.05, 0) is 70.5 Å². The molecule has 2 N–H and O–H groups in total. The van der Waals surface area contributed by atoms with Crippen LogP contribution < -0.4 is 25.7 Å². The number of amides is 2. The standard InChI is InChI=1S/C33H38Cl2N4O3Si/c1-23(22-42-43(33(2,3)4,27-12-8-6-9-13-27)28-14-10-7-11-15-28)37-32(40)38-26-18-19-29(41-5)24(20-26)16-17-25-21-36-31(35)39-30(25)34/h6-15,18-21,23H,16-17,22H2,1-5H3,(H2,37,38,40)/t23-/m1/s1. The highest BCUT2D eigenvalue weighted by atomic mass is 35.5. The van der Waals surface area contributed by atoms with Gasteiger partial charge in [-0.2, -0.15) is 0 Å². The van der Waals surface area contributed by atoms with E-state index in [1.807, 2.05) is 37.3 Å². The van der Waals surface area contributed by atoms with Crippen LogP contribution in [0.1, 0.15) is 38.8 Å². The maximum Gasteiger partial charge on any atom is 0.319 e. The number of halogens is 2. The maximum atomic E-state index is 13.1. The molecule has 0 aliphatic heterocycles. The van der Waals surface area contributed by atoms with Gasteiger partial charge in [0.1, 0.15) is 10.9 Å². The van der Waals surface area contributed by atoms with E-state index in [4.69, 9.17) is 32.4 Å². The first-order valence-electron chi connectivity index (χ1n) is 14.2. The second-order valence-corrected chi connectivity index (χ2v) is 16.5. The molecule has 10 heteroatoms. The molecule has 0 saturated carbocycles. The lowest BCUT2D eigenvalue weighted by molar-refractivity contribution is 0.232. The molecule has 0 unspecified atom stereocenters. The quantitative estimate of drug-likeness (QED) is 0.109. The van der Waals surface area contributed by atoms with Crippen molar-refractivity contribution in [2.24, 2.45) is 0 Å². The normalized spacial score (nSPS) is 12.4. The van der Waals surface area contributed by atoms with Gasteiger partial charge in [0.15, 0.2) is 0 Å². The molecule has 226 valence electrons. The predicted molar refractivity (Wildman–Crippen MR) is 178 cm³/mol. The van der Waals surface area contributed by atoms with Crippen molar-refractivity contribution in [1.82, 2.24) is 15.3 Å². The van der Waals surface area contributed by atoms with Gasteiger partial charge in [0.05, 0.1) is 13.7 Å². The average Bonchev–Trinajstić information content (AvgIpc) is 2.97. The Hall–Kier alpha value is -3.43. The summed E-state index contributed by atoms with van der Waals surface area (Å²) in [5.41, 5.74) is 2.33. The molecule has 1 atom stereocenters. The van der Waals surface area contributed by atoms with Gasteiger partial charge in [0, 0.05) is 23.5 Å². The number of aryl methyl sites for hydroxylation is 2. The number of carbonyl (C=O) groups excluding carboxylic acids is 1. The number of aromatic nitrogens is 2. The summed E-state index contributed by atoms with van der Waals surface area (Å²) in [6, 6.07) is 25.9. The third kappa shape index (κ3) is 7.94. The molecule has 2 amide bonds. The van der Waals surface area contributed by atoms with Crippen LogP contribution in [0.4, 0.5) is 10.5 Å². The van der Waals surface area contributed by atoms with Gasteiger partial charge in [-0.15, -0.1) is 0 Å². The van der Waals surface area contributed by atoms with E-state index < -0.39 is 8.32 Å². The number of hydrogen-bond donors (Lipinski definition) is 2. The fourth-order valence-electron chi connectivity index (χ4n) is 5.30. The number of ether oxygens (including phenoxy) is 1. The van der Waals surface area contributed by atoms with Crippen molar-refractivity contribution in [1.29, 1.82) is 0 Å². The number of anilines is 1. The van der Waals surface area contributed by atoms with E-state index in [9.17, 15) is 4.79 Å². The molecule has 1 aromatic heterocycles. The van der Waals surface area contributed by atoms with Crippen molar-refractivity contribution >= 4 is 53.6 Å². The van der Waals surface area contributed by atoms with E-state index in [-0.39, 0.29) is 22.4 Å². The molecule has 0 aliphatic carbocycles. The Balaban J connectivity index is 1.45. The van der Waals surface area contributed by atoms with E-state index in [0.29, 0.717) is 36.0 Å². The molecule has 0 radical (unpaired) electrons. The number of urea groups is 1. The molecule has 0 spiro atoms. The van der Waals surface area contributed by atoms with E-state index in [2.05, 4.69) is 89.9 Å². The SMILES string of the molecule is COc1ccc(NC(=O)N[C@H](C)CO[Si](c2ccccc2)(c2ccccc2)C(C)(C)C)cc1CCc1cnc(Cl)nc1Cl. The number of methoxy groups -OCH3 is 1. The second kappa shape index (κ2) is 14.4. The molecule has 0 fully saturated rings. The van der Waals surface area contributed by atoms with Crippen molar-refractivity contribution < 1.29 is 14.0 Å². The van der Waals surface area contributed by atoms with Gasteiger partial charge in [0.2, 0.25) is 5.28 Å². The van der Waals surface area contributed by atoms with Crippen LogP contribution in [-0.2, 0) is 17.3 Å². The molecule has 7 nitrogen and oxygen atoms in total. The van der Waals surface area contributed by atoms with Gasteiger partial charge < -0.3 is 19.8 Å². The molecule has 1 heterocycles. The number of nitrogens with zero attached hydrogens (tertiary/aromatic N) is 2. The molecule has 4 aromatic rings. The summed E-state index contributed by atoms with van der Waals surface area (Å²) in [5, 5.41) is 8.67. The zero-order chi connectivity index (χ0) is 31.0. The van der Waals surface area contributed by atoms with Crippen molar-refractivity contribution in [3.63, 3.8) is 0 Å². The first-order chi connectivity index (χ1) is 20.5.